The van der Waals surface area contributed by atoms with Gasteiger partial charge in [-0.25, -0.2) is 10.2 Å². The fourth-order valence-corrected chi connectivity index (χ4v) is 3.43. The molecule has 0 aromatic heterocycles. The van der Waals surface area contributed by atoms with Gasteiger partial charge >= 0.3 is 24.0 Å². The van der Waals surface area contributed by atoms with Gasteiger partial charge in [0.25, 0.3) is 5.91 Å². The Morgan fingerprint density at radius 1 is 0.562 bits per heavy atom. The standard InChI is InChI=1S/C29H43N3O16/c33-23(30-29(19-45-9-6-25(35)36,20-46-10-7-26(37)38)21-47-11-8-27(39)40)17-43-14-12-42-13-15-44-18-24(34)31-32-28(41)48-16-22-4-2-1-3-5-22/h1-5H,6-21H2,(H,30,33)(H,31,34)(H,32,41)(H,35,36)(H,37,38)(H,39,40). The van der Waals surface area contributed by atoms with E-state index in [-0.39, 0.29) is 98.5 Å². The van der Waals surface area contributed by atoms with Crippen molar-refractivity contribution in [1.29, 1.82) is 0 Å². The quantitative estimate of drug-likeness (QED) is 0.0470. The average molecular weight is 690 g/mol. The summed E-state index contributed by atoms with van der Waals surface area (Å²) in [7, 11) is 0. The van der Waals surface area contributed by atoms with Crippen LogP contribution in [0.25, 0.3) is 0 Å². The lowest BCUT2D eigenvalue weighted by molar-refractivity contribution is -0.141. The van der Waals surface area contributed by atoms with E-state index in [4.69, 9.17) is 48.5 Å². The highest BCUT2D eigenvalue weighted by atomic mass is 16.6. The predicted molar refractivity (Wildman–Crippen MR) is 160 cm³/mol. The number of carbonyl (C=O) groups excluding carboxylic acids is 3. The molecule has 0 heterocycles. The number of rotatable bonds is 28. The maximum Gasteiger partial charge on any atom is 0.426 e. The third kappa shape index (κ3) is 23.0. The number of benzene rings is 1. The van der Waals surface area contributed by atoms with Gasteiger partial charge in [0, 0.05) is 0 Å². The molecule has 1 aromatic rings. The molecule has 19 heteroatoms. The summed E-state index contributed by atoms with van der Waals surface area (Å²) in [5.74, 6) is -4.60. The van der Waals surface area contributed by atoms with E-state index in [0.717, 1.165) is 5.56 Å². The summed E-state index contributed by atoms with van der Waals surface area (Å²) in [5.41, 5.74) is 3.59. The van der Waals surface area contributed by atoms with Crippen LogP contribution in [0.4, 0.5) is 4.79 Å². The Labute approximate surface area is 276 Å². The van der Waals surface area contributed by atoms with Gasteiger partial charge in [-0.15, -0.1) is 0 Å². The van der Waals surface area contributed by atoms with E-state index < -0.39 is 48.0 Å². The van der Waals surface area contributed by atoms with Gasteiger partial charge in [-0.3, -0.25) is 29.4 Å². The fraction of sp³-hybridized carbons (Fsp3) is 0.586. The second kappa shape index (κ2) is 25.7. The maximum atomic E-state index is 12.7. The van der Waals surface area contributed by atoms with Crippen molar-refractivity contribution in [3.05, 3.63) is 35.9 Å². The van der Waals surface area contributed by atoms with Gasteiger partial charge in [0.05, 0.1) is 85.3 Å². The normalized spacial score (nSPS) is 11.0. The van der Waals surface area contributed by atoms with E-state index in [1.54, 1.807) is 24.3 Å². The summed E-state index contributed by atoms with van der Waals surface area (Å²) in [6.45, 7) is -2.07. The van der Waals surface area contributed by atoms with E-state index in [1.165, 1.54) is 0 Å². The van der Waals surface area contributed by atoms with Gasteiger partial charge in [0.1, 0.15) is 25.4 Å². The summed E-state index contributed by atoms with van der Waals surface area (Å²) < 4.78 is 37.0. The molecule has 0 bridgehead atoms. The van der Waals surface area contributed by atoms with Crippen molar-refractivity contribution in [3.63, 3.8) is 0 Å². The highest BCUT2D eigenvalue weighted by Crippen LogP contribution is 2.11. The van der Waals surface area contributed by atoms with Crippen molar-refractivity contribution in [2.24, 2.45) is 0 Å². The minimum Gasteiger partial charge on any atom is -0.481 e. The molecular formula is C29H43N3O16. The molecule has 1 rings (SSSR count). The molecule has 6 N–H and O–H groups in total. The minimum absolute atomic E-state index is 0.00471. The monoisotopic (exact) mass is 689 g/mol. The molecule has 0 fully saturated rings. The molecule has 0 atom stereocenters. The van der Waals surface area contributed by atoms with E-state index in [0.29, 0.717) is 0 Å². The van der Waals surface area contributed by atoms with Gasteiger partial charge in [-0.05, 0) is 5.56 Å². The van der Waals surface area contributed by atoms with Crippen molar-refractivity contribution < 1.29 is 77.2 Å². The Morgan fingerprint density at radius 2 is 1.02 bits per heavy atom. The van der Waals surface area contributed by atoms with Gasteiger partial charge < -0.3 is 53.8 Å². The molecule has 270 valence electrons. The van der Waals surface area contributed by atoms with Gasteiger partial charge in [0.2, 0.25) is 5.91 Å². The van der Waals surface area contributed by atoms with E-state index in [9.17, 15) is 28.8 Å². The Hall–Kier alpha value is -4.40. The second-order valence-electron chi connectivity index (χ2n) is 9.87. The number of ether oxygens (including phenoxy) is 7. The topological polar surface area (TPSA) is 264 Å². The molecule has 1 aromatic carbocycles. The molecule has 0 aliphatic carbocycles. The third-order valence-electron chi connectivity index (χ3n) is 5.65. The lowest BCUT2D eigenvalue weighted by Crippen LogP contribution is -2.59. The molecule has 0 aliphatic rings. The van der Waals surface area contributed by atoms with Crippen LogP contribution in [0.2, 0.25) is 0 Å². The first-order valence-electron chi connectivity index (χ1n) is 14.7. The Morgan fingerprint density at radius 3 is 1.50 bits per heavy atom. The van der Waals surface area contributed by atoms with Crippen molar-refractivity contribution in [1.82, 2.24) is 16.2 Å². The Balaban J connectivity index is 2.36. The van der Waals surface area contributed by atoms with Crippen LogP contribution in [0.1, 0.15) is 24.8 Å². The summed E-state index contributed by atoms with van der Waals surface area (Å²) in [6.07, 6.45) is -1.82. The summed E-state index contributed by atoms with van der Waals surface area (Å²) in [5, 5.41) is 29.2. The molecule has 19 nitrogen and oxygen atoms in total. The van der Waals surface area contributed by atoms with Crippen LogP contribution in [-0.2, 0) is 63.7 Å². The van der Waals surface area contributed by atoms with E-state index in [1.807, 2.05) is 6.07 Å². The lowest BCUT2D eigenvalue weighted by atomic mass is 10.0. The fourth-order valence-electron chi connectivity index (χ4n) is 3.43. The van der Waals surface area contributed by atoms with Crippen LogP contribution >= 0.6 is 0 Å². The summed E-state index contributed by atoms with van der Waals surface area (Å²) in [6, 6.07) is 8.97. The van der Waals surface area contributed by atoms with Crippen molar-refractivity contribution in [2.45, 2.75) is 31.4 Å². The zero-order chi connectivity index (χ0) is 35.5. The maximum absolute atomic E-state index is 12.7. The SMILES string of the molecule is O=C(O)CCOCC(COCCC(=O)O)(COCCC(=O)O)NC(=O)COCCOCCOCC(=O)NNC(=O)OCc1ccccc1. The molecule has 0 aliphatic heterocycles. The lowest BCUT2D eigenvalue weighted by Gasteiger charge is -2.34. The number of carboxylic acids is 3. The average Bonchev–Trinajstić information content (AvgIpc) is 3.04. The smallest absolute Gasteiger partial charge is 0.426 e. The van der Waals surface area contributed by atoms with Crippen molar-refractivity contribution in [2.75, 3.05) is 79.3 Å². The number of carbonyl (C=O) groups is 6. The van der Waals surface area contributed by atoms with E-state index >= 15 is 0 Å². The zero-order valence-electron chi connectivity index (χ0n) is 26.3. The van der Waals surface area contributed by atoms with Gasteiger partial charge in [0.15, 0.2) is 0 Å². The largest absolute Gasteiger partial charge is 0.481 e. The highest BCUT2D eigenvalue weighted by molar-refractivity contribution is 5.80. The second-order valence-corrected chi connectivity index (χ2v) is 9.87. The van der Waals surface area contributed by atoms with Crippen LogP contribution in [0.15, 0.2) is 30.3 Å². The summed E-state index contributed by atoms with van der Waals surface area (Å²) >= 11 is 0. The van der Waals surface area contributed by atoms with Crippen LogP contribution in [0.3, 0.4) is 0 Å². The first-order valence-corrected chi connectivity index (χ1v) is 14.7. The highest BCUT2D eigenvalue weighted by Gasteiger charge is 2.34. The number of hydrogen-bond donors (Lipinski definition) is 6. The zero-order valence-corrected chi connectivity index (χ0v) is 26.3. The Bertz CT molecular complexity index is 1070. The molecule has 48 heavy (non-hydrogen) atoms. The number of nitrogens with one attached hydrogen (secondary N) is 3. The number of hydrazine groups is 1. The first kappa shape index (κ1) is 41.6. The van der Waals surface area contributed by atoms with Crippen LogP contribution < -0.4 is 16.2 Å². The van der Waals surface area contributed by atoms with Crippen LogP contribution in [0.5, 0.6) is 0 Å². The van der Waals surface area contributed by atoms with Gasteiger partial charge in [-0.1, -0.05) is 30.3 Å². The van der Waals surface area contributed by atoms with Crippen molar-refractivity contribution in [3.8, 4) is 0 Å². The summed E-state index contributed by atoms with van der Waals surface area (Å²) in [4.78, 5) is 68.6. The number of hydrogen-bond acceptors (Lipinski definition) is 13. The predicted octanol–water partition coefficient (Wildman–Crippen LogP) is -0.677. The molecule has 0 unspecified atom stereocenters. The first-order chi connectivity index (χ1) is 23.0. The number of carboxylic acid groups (broad SMARTS) is 3. The number of aliphatic carboxylic acids is 3. The molecule has 0 saturated carbocycles. The number of amides is 3. The molecule has 3 amide bonds. The molecular weight excluding hydrogens is 646 g/mol. The van der Waals surface area contributed by atoms with Gasteiger partial charge in [-0.2, -0.15) is 0 Å². The third-order valence-corrected chi connectivity index (χ3v) is 5.65. The van der Waals surface area contributed by atoms with Crippen LogP contribution in [-0.4, -0.2) is 136 Å². The Kier molecular flexibility index (Phi) is 22.3. The molecule has 0 saturated heterocycles. The van der Waals surface area contributed by atoms with E-state index in [2.05, 4.69) is 16.2 Å². The van der Waals surface area contributed by atoms with Crippen LogP contribution in [0, 0.1) is 0 Å². The molecule has 0 spiro atoms. The minimum atomic E-state index is -1.42. The van der Waals surface area contributed by atoms with Crippen molar-refractivity contribution >= 4 is 35.8 Å². The molecule has 0 radical (unpaired) electrons.